The van der Waals surface area contributed by atoms with Gasteiger partial charge in [0.05, 0.1) is 0 Å². The van der Waals surface area contributed by atoms with E-state index in [1.165, 1.54) is 0 Å². The SMILES string of the molecule is CC(S)CN(C)C(C)O. The molecule has 3 heteroatoms. The van der Waals surface area contributed by atoms with Crippen molar-refractivity contribution in [1.29, 1.82) is 0 Å². The lowest BCUT2D eigenvalue weighted by Crippen LogP contribution is -2.32. The number of hydrogen-bond acceptors (Lipinski definition) is 3. The van der Waals surface area contributed by atoms with Crippen molar-refractivity contribution in [2.24, 2.45) is 0 Å². The third kappa shape index (κ3) is 4.75. The van der Waals surface area contributed by atoms with Crippen LogP contribution in [0, 0.1) is 0 Å². The standard InChI is InChI=1S/C6H15NOS/c1-5(9)4-7(3)6(2)8/h5-6,8-9H,4H2,1-3H3. The second-order valence-electron chi connectivity index (χ2n) is 2.42. The minimum absolute atomic E-state index is 0.324. The van der Waals surface area contributed by atoms with Crippen molar-refractivity contribution in [2.75, 3.05) is 13.6 Å². The van der Waals surface area contributed by atoms with Crippen LogP contribution >= 0.6 is 12.6 Å². The molecular formula is C6H15NOS. The summed E-state index contributed by atoms with van der Waals surface area (Å²) >= 11 is 4.18. The Labute approximate surface area is 62.3 Å². The van der Waals surface area contributed by atoms with Crippen LogP contribution in [-0.4, -0.2) is 35.1 Å². The van der Waals surface area contributed by atoms with Crippen LogP contribution in [0.1, 0.15) is 13.8 Å². The van der Waals surface area contributed by atoms with E-state index < -0.39 is 0 Å². The topological polar surface area (TPSA) is 23.5 Å². The lowest BCUT2D eigenvalue weighted by molar-refractivity contribution is 0.0397. The van der Waals surface area contributed by atoms with Gasteiger partial charge in [-0.05, 0) is 14.0 Å². The summed E-state index contributed by atoms with van der Waals surface area (Å²) in [5, 5.41) is 9.29. The molecular weight excluding hydrogens is 134 g/mol. The molecule has 0 aliphatic heterocycles. The third-order valence-electron chi connectivity index (χ3n) is 1.19. The first kappa shape index (κ1) is 9.27. The Morgan fingerprint density at radius 2 is 2.00 bits per heavy atom. The summed E-state index contributed by atoms with van der Waals surface area (Å²) < 4.78 is 0. The largest absolute Gasteiger partial charge is 0.379 e. The molecule has 0 aromatic heterocycles. The van der Waals surface area contributed by atoms with E-state index in [1.54, 1.807) is 6.92 Å². The maximum atomic E-state index is 8.96. The van der Waals surface area contributed by atoms with Crippen molar-refractivity contribution in [2.45, 2.75) is 25.3 Å². The first-order chi connectivity index (χ1) is 4.04. The van der Waals surface area contributed by atoms with Gasteiger partial charge in [-0.1, -0.05) is 6.92 Å². The molecule has 0 saturated carbocycles. The lowest BCUT2D eigenvalue weighted by Gasteiger charge is -2.20. The number of hydrogen-bond donors (Lipinski definition) is 2. The molecule has 0 aromatic carbocycles. The average molecular weight is 149 g/mol. The maximum absolute atomic E-state index is 8.96. The first-order valence-electron chi connectivity index (χ1n) is 3.10. The molecule has 0 aliphatic carbocycles. The van der Waals surface area contributed by atoms with Gasteiger partial charge in [0.25, 0.3) is 0 Å². The van der Waals surface area contributed by atoms with Gasteiger partial charge >= 0.3 is 0 Å². The molecule has 0 spiro atoms. The monoisotopic (exact) mass is 149 g/mol. The molecule has 2 nitrogen and oxygen atoms in total. The van der Waals surface area contributed by atoms with Gasteiger partial charge in [-0.3, -0.25) is 4.90 Å². The molecule has 56 valence electrons. The Morgan fingerprint density at radius 3 is 2.11 bits per heavy atom. The zero-order chi connectivity index (χ0) is 7.44. The van der Waals surface area contributed by atoms with Gasteiger partial charge in [0.15, 0.2) is 0 Å². The van der Waals surface area contributed by atoms with Gasteiger partial charge in [-0.2, -0.15) is 12.6 Å². The van der Waals surface area contributed by atoms with Crippen LogP contribution in [0.4, 0.5) is 0 Å². The highest BCUT2D eigenvalue weighted by Crippen LogP contribution is 1.97. The van der Waals surface area contributed by atoms with Crippen LogP contribution in [0.25, 0.3) is 0 Å². The van der Waals surface area contributed by atoms with Crippen molar-refractivity contribution in [3.05, 3.63) is 0 Å². The van der Waals surface area contributed by atoms with Gasteiger partial charge in [0.1, 0.15) is 6.23 Å². The highest BCUT2D eigenvalue weighted by atomic mass is 32.1. The van der Waals surface area contributed by atoms with E-state index in [2.05, 4.69) is 12.6 Å². The fourth-order valence-electron chi connectivity index (χ4n) is 0.569. The molecule has 0 radical (unpaired) electrons. The Balaban J connectivity index is 3.38. The van der Waals surface area contributed by atoms with E-state index in [0.29, 0.717) is 5.25 Å². The zero-order valence-electron chi connectivity index (χ0n) is 6.20. The van der Waals surface area contributed by atoms with Crippen molar-refractivity contribution in [3.63, 3.8) is 0 Å². The van der Waals surface area contributed by atoms with Gasteiger partial charge < -0.3 is 5.11 Å². The molecule has 0 saturated heterocycles. The molecule has 0 heterocycles. The average Bonchev–Trinajstić information content (AvgIpc) is 1.63. The maximum Gasteiger partial charge on any atom is 0.104 e. The predicted octanol–water partition coefficient (Wildman–Crippen LogP) is 0.575. The van der Waals surface area contributed by atoms with Gasteiger partial charge in [-0.25, -0.2) is 0 Å². The van der Waals surface area contributed by atoms with Gasteiger partial charge in [0, 0.05) is 11.8 Å². The van der Waals surface area contributed by atoms with Crippen LogP contribution in [0.2, 0.25) is 0 Å². The number of rotatable bonds is 3. The zero-order valence-corrected chi connectivity index (χ0v) is 7.10. The molecule has 0 aliphatic rings. The van der Waals surface area contributed by atoms with E-state index in [1.807, 2.05) is 18.9 Å². The summed E-state index contributed by atoms with van der Waals surface area (Å²) in [4.78, 5) is 1.84. The summed E-state index contributed by atoms with van der Waals surface area (Å²) in [7, 11) is 1.87. The predicted molar refractivity (Wildman–Crippen MR) is 42.8 cm³/mol. The normalized spacial score (nSPS) is 18.0. The van der Waals surface area contributed by atoms with E-state index in [9.17, 15) is 0 Å². The Bertz CT molecular complexity index is 75.5. The number of aliphatic hydroxyl groups excluding tert-OH is 1. The summed E-state index contributed by atoms with van der Waals surface area (Å²) in [6.07, 6.45) is -0.361. The molecule has 9 heavy (non-hydrogen) atoms. The van der Waals surface area contributed by atoms with Crippen LogP contribution in [-0.2, 0) is 0 Å². The molecule has 0 fully saturated rings. The van der Waals surface area contributed by atoms with Gasteiger partial charge in [0.2, 0.25) is 0 Å². The Hall–Kier alpha value is 0.270. The van der Waals surface area contributed by atoms with Crippen molar-refractivity contribution in [3.8, 4) is 0 Å². The molecule has 0 rings (SSSR count). The fourth-order valence-corrected chi connectivity index (χ4v) is 0.827. The van der Waals surface area contributed by atoms with Gasteiger partial charge in [-0.15, -0.1) is 0 Å². The van der Waals surface area contributed by atoms with Crippen molar-refractivity contribution >= 4 is 12.6 Å². The number of aliphatic hydroxyl groups is 1. The first-order valence-corrected chi connectivity index (χ1v) is 3.62. The highest BCUT2D eigenvalue weighted by molar-refractivity contribution is 7.80. The van der Waals surface area contributed by atoms with Crippen LogP contribution in [0.5, 0.6) is 0 Å². The minimum Gasteiger partial charge on any atom is -0.379 e. The molecule has 0 amide bonds. The van der Waals surface area contributed by atoms with Crippen LogP contribution in [0.15, 0.2) is 0 Å². The van der Waals surface area contributed by atoms with E-state index in [4.69, 9.17) is 5.11 Å². The smallest absolute Gasteiger partial charge is 0.104 e. The summed E-state index contributed by atoms with van der Waals surface area (Å²) in [6, 6.07) is 0. The second kappa shape index (κ2) is 4.14. The number of nitrogens with zero attached hydrogens (tertiary/aromatic N) is 1. The quantitative estimate of drug-likeness (QED) is 0.453. The molecule has 0 bridgehead atoms. The van der Waals surface area contributed by atoms with Crippen molar-refractivity contribution < 1.29 is 5.11 Å². The van der Waals surface area contributed by atoms with Crippen LogP contribution in [0.3, 0.4) is 0 Å². The molecule has 1 N–H and O–H groups in total. The summed E-state index contributed by atoms with van der Waals surface area (Å²) in [5.41, 5.74) is 0. The third-order valence-corrected chi connectivity index (χ3v) is 1.35. The molecule has 2 unspecified atom stereocenters. The van der Waals surface area contributed by atoms with E-state index in [-0.39, 0.29) is 6.23 Å². The van der Waals surface area contributed by atoms with Crippen molar-refractivity contribution in [1.82, 2.24) is 4.90 Å². The lowest BCUT2D eigenvalue weighted by atomic mass is 10.4. The summed E-state index contributed by atoms with van der Waals surface area (Å²) in [6.45, 7) is 4.57. The fraction of sp³-hybridized carbons (Fsp3) is 1.00. The highest BCUT2D eigenvalue weighted by Gasteiger charge is 2.05. The van der Waals surface area contributed by atoms with Crippen LogP contribution < -0.4 is 0 Å². The number of thiol groups is 1. The summed E-state index contributed by atoms with van der Waals surface area (Å²) in [5.74, 6) is 0. The Kier molecular flexibility index (Phi) is 4.27. The molecule has 0 aromatic rings. The van der Waals surface area contributed by atoms with E-state index >= 15 is 0 Å². The van der Waals surface area contributed by atoms with E-state index in [0.717, 1.165) is 6.54 Å². The molecule has 2 atom stereocenters. The minimum atomic E-state index is -0.361. The second-order valence-corrected chi connectivity index (χ2v) is 3.30. The Morgan fingerprint density at radius 1 is 1.56 bits per heavy atom.